The molecule has 0 aliphatic rings. The summed E-state index contributed by atoms with van der Waals surface area (Å²) in [6.07, 6.45) is 0. The molecule has 0 radical (unpaired) electrons. The maximum atomic E-state index is 4.07. The second-order valence-corrected chi connectivity index (χ2v) is 2.35. The van der Waals surface area contributed by atoms with Crippen molar-refractivity contribution in [3.8, 4) is 0 Å². The van der Waals surface area contributed by atoms with Gasteiger partial charge in [-0.25, -0.2) is 0 Å². The Morgan fingerprint density at radius 3 is 2.90 bits per heavy atom. The van der Waals surface area contributed by atoms with E-state index in [2.05, 4.69) is 16.3 Å². The van der Waals surface area contributed by atoms with Crippen LogP contribution in [0.4, 0.5) is 0 Å². The molecule has 0 fully saturated rings. The Morgan fingerprint density at radius 2 is 2.10 bits per heavy atom. The Kier molecular flexibility index (Phi) is 1.03. The van der Waals surface area contributed by atoms with Crippen molar-refractivity contribution in [3.05, 3.63) is 24.3 Å². The molecule has 0 aliphatic heterocycles. The van der Waals surface area contributed by atoms with E-state index in [0.29, 0.717) is 0 Å². The van der Waals surface area contributed by atoms with Gasteiger partial charge >= 0.3 is 0 Å². The lowest BCUT2D eigenvalue weighted by atomic mass is 10.0. The van der Waals surface area contributed by atoms with Crippen molar-refractivity contribution in [2.75, 3.05) is 0 Å². The lowest BCUT2D eigenvalue weighted by Crippen LogP contribution is -2.02. The van der Waals surface area contributed by atoms with E-state index in [1.54, 1.807) is 0 Å². The zero-order valence-corrected chi connectivity index (χ0v) is 5.76. The summed E-state index contributed by atoms with van der Waals surface area (Å²) in [7, 11) is 2.00. The summed E-state index contributed by atoms with van der Waals surface area (Å²) in [6, 6.07) is 8.11. The van der Waals surface area contributed by atoms with Gasteiger partial charge in [0.05, 0.1) is 5.52 Å². The van der Waals surface area contributed by atoms with Crippen LogP contribution in [0.3, 0.4) is 0 Å². The largest absolute Gasteiger partial charge is 0.278 e. The fourth-order valence-electron chi connectivity index (χ4n) is 1.10. The quantitative estimate of drug-likeness (QED) is 0.492. The van der Waals surface area contributed by atoms with E-state index >= 15 is 0 Å². The smallest absolute Gasteiger partial charge is 0.167 e. The van der Waals surface area contributed by atoms with E-state index in [1.807, 2.05) is 26.0 Å². The van der Waals surface area contributed by atoms with E-state index in [0.717, 1.165) is 11.1 Å². The predicted octanol–water partition coefficient (Wildman–Crippen LogP) is -0.179. The van der Waals surface area contributed by atoms with Crippen molar-refractivity contribution in [1.29, 1.82) is 0 Å². The van der Waals surface area contributed by atoms with Crippen LogP contribution in [0.25, 0.3) is 10.9 Å². The molecule has 1 heterocycles. The Balaban J connectivity index is 2.93. The van der Waals surface area contributed by atoms with Gasteiger partial charge in [0.25, 0.3) is 0 Å². The normalized spacial score (nSPS) is 10.4. The molecule has 0 atom stereocenters. The van der Waals surface area contributed by atoms with E-state index in [4.69, 9.17) is 0 Å². The molecule has 1 N–H and O–H groups in total. The van der Waals surface area contributed by atoms with Gasteiger partial charge in [0, 0.05) is 11.0 Å². The monoisotopic (exact) mass is 130 g/mol. The Morgan fingerprint density at radius 1 is 1.30 bits per heavy atom. The molecule has 1 aromatic heterocycles. The van der Waals surface area contributed by atoms with Crippen molar-refractivity contribution in [1.82, 2.24) is 10.2 Å². The van der Waals surface area contributed by atoms with Gasteiger partial charge in [-0.1, -0.05) is 18.2 Å². The molecule has 3 heteroatoms. The SMILES string of the molecule is Bc1n[nH]c2ccccc12. The molecule has 0 unspecified atom stereocenters. The molecule has 2 nitrogen and oxygen atoms in total. The van der Waals surface area contributed by atoms with Crippen LogP contribution in [-0.4, -0.2) is 18.0 Å². The lowest BCUT2D eigenvalue weighted by Gasteiger charge is -1.84. The minimum absolute atomic E-state index is 1.07. The number of nitrogens with one attached hydrogen (secondary N) is 1. The summed E-state index contributed by atoms with van der Waals surface area (Å²) < 4.78 is 0. The van der Waals surface area contributed by atoms with Gasteiger partial charge in [-0.3, -0.25) is 5.10 Å². The number of aromatic amines is 1. The van der Waals surface area contributed by atoms with Crippen molar-refractivity contribution < 1.29 is 0 Å². The highest BCUT2D eigenvalue weighted by atomic mass is 15.1. The van der Waals surface area contributed by atoms with E-state index in [-0.39, 0.29) is 0 Å². The molecule has 0 saturated heterocycles. The first-order valence-corrected chi connectivity index (χ1v) is 3.27. The third kappa shape index (κ3) is 0.636. The van der Waals surface area contributed by atoms with Crippen LogP contribution >= 0.6 is 0 Å². The van der Waals surface area contributed by atoms with Crippen LogP contribution in [0.2, 0.25) is 0 Å². The topological polar surface area (TPSA) is 28.7 Å². The average molecular weight is 130 g/mol. The lowest BCUT2D eigenvalue weighted by molar-refractivity contribution is 1.14. The maximum Gasteiger partial charge on any atom is 0.167 e. The van der Waals surface area contributed by atoms with E-state index in [9.17, 15) is 0 Å². The second kappa shape index (κ2) is 1.87. The summed E-state index contributed by atoms with van der Waals surface area (Å²) in [5.41, 5.74) is 2.18. The molecular weight excluding hydrogens is 123 g/mol. The third-order valence-electron chi connectivity index (χ3n) is 1.66. The summed E-state index contributed by atoms with van der Waals surface area (Å²) >= 11 is 0. The molecular formula is C7H7BN2. The zero-order valence-electron chi connectivity index (χ0n) is 5.76. The fourth-order valence-corrected chi connectivity index (χ4v) is 1.10. The molecule has 0 saturated carbocycles. The first kappa shape index (κ1) is 5.53. The highest BCUT2D eigenvalue weighted by Gasteiger charge is 1.96. The van der Waals surface area contributed by atoms with Gasteiger partial charge < -0.3 is 0 Å². The van der Waals surface area contributed by atoms with Crippen LogP contribution in [0.15, 0.2) is 24.3 Å². The Hall–Kier alpha value is -1.25. The average Bonchev–Trinajstić information content (AvgIpc) is 2.34. The van der Waals surface area contributed by atoms with E-state index < -0.39 is 0 Å². The summed E-state index contributed by atoms with van der Waals surface area (Å²) in [5, 5.41) is 8.22. The Bertz CT molecular complexity index is 353. The third-order valence-corrected chi connectivity index (χ3v) is 1.66. The van der Waals surface area contributed by atoms with Crippen molar-refractivity contribution in [2.24, 2.45) is 0 Å². The number of para-hydroxylation sites is 1. The minimum atomic E-state index is 1.07. The molecule has 10 heavy (non-hydrogen) atoms. The van der Waals surface area contributed by atoms with Crippen molar-refractivity contribution >= 4 is 24.3 Å². The minimum Gasteiger partial charge on any atom is -0.278 e. The zero-order chi connectivity index (χ0) is 6.97. The number of rotatable bonds is 0. The van der Waals surface area contributed by atoms with Gasteiger partial charge in [-0.2, -0.15) is 5.10 Å². The first-order valence-electron chi connectivity index (χ1n) is 3.27. The second-order valence-electron chi connectivity index (χ2n) is 2.35. The predicted molar refractivity (Wildman–Crippen MR) is 44.3 cm³/mol. The summed E-state index contributed by atoms with van der Waals surface area (Å²) in [6.45, 7) is 0. The molecule has 0 amide bonds. The molecule has 1 aromatic carbocycles. The van der Waals surface area contributed by atoms with Gasteiger partial charge in [0.1, 0.15) is 0 Å². The maximum absolute atomic E-state index is 4.07. The summed E-state index contributed by atoms with van der Waals surface area (Å²) in [4.78, 5) is 0. The van der Waals surface area contributed by atoms with Gasteiger partial charge in [0.15, 0.2) is 7.85 Å². The van der Waals surface area contributed by atoms with Crippen molar-refractivity contribution in [3.63, 3.8) is 0 Å². The number of hydrogen-bond acceptors (Lipinski definition) is 1. The summed E-state index contributed by atoms with van der Waals surface area (Å²) in [5.74, 6) is 0. The van der Waals surface area contributed by atoms with Crippen LogP contribution in [0, 0.1) is 0 Å². The van der Waals surface area contributed by atoms with Crippen LogP contribution < -0.4 is 5.59 Å². The fraction of sp³-hybridized carbons (Fsp3) is 0. The molecule has 0 bridgehead atoms. The van der Waals surface area contributed by atoms with Crippen LogP contribution in [0.5, 0.6) is 0 Å². The number of aromatic nitrogens is 2. The van der Waals surface area contributed by atoms with Gasteiger partial charge in [0.2, 0.25) is 0 Å². The number of H-pyrrole nitrogens is 1. The van der Waals surface area contributed by atoms with Crippen LogP contribution in [-0.2, 0) is 0 Å². The number of benzene rings is 1. The molecule has 0 aliphatic carbocycles. The standard InChI is InChI=1S/C7H7BN2/c8-7-5-3-1-2-4-6(5)9-10-7/h1-4H,8H2,(H,9,10). The molecule has 2 aromatic rings. The Labute approximate surface area is 59.7 Å². The number of nitrogens with zero attached hydrogens (tertiary/aromatic N) is 1. The van der Waals surface area contributed by atoms with E-state index in [1.165, 1.54) is 5.39 Å². The molecule has 48 valence electrons. The number of fused-ring (bicyclic) bond motifs is 1. The van der Waals surface area contributed by atoms with Crippen LogP contribution in [0.1, 0.15) is 0 Å². The first-order chi connectivity index (χ1) is 4.88. The molecule has 2 rings (SSSR count). The number of hydrogen-bond donors (Lipinski definition) is 1. The molecule has 0 spiro atoms. The van der Waals surface area contributed by atoms with Gasteiger partial charge in [-0.05, 0) is 6.07 Å². The van der Waals surface area contributed by atoms with Gasteiger partial charge in [-0.15, -0.1) is 0 Å². The highest BCUT2D eigenvalue weighted by Crippen LogP contribution is 2.04. The van der Waals surface area contributed by atoms with Crippen molar-refractivity contribution in [2.45, 2.75) is 0 Å². The highest BCUT2D eigenvalue weighted by molar-refractivity contribution is 6.36.